The molecule has 22 heavy (non-hydrogen) atoms. The van der Waals surface area contributed by atoms with Crippen LogP contribution in [0.15, 0.2) is 54.7 Å². The van der Waals surface area contributed by atoms with Crippen molar-refractivity contribution in [3.8, 4) is 11.4 Å². The third-order valence-electron chi connectivity index (χ3n) is 2.97. The van der Waals surface area contributed by atoms with E-state index in [2.05, 4.69) is 15.6 Å². The van der Waals surface area contributed by atoms with Gasteiger partial charge in [0, 0.05) is 11.8 Å². The first-order valence-electron chi connectivity index (χ1n) is 6.41. The second-order valence-corrected chi connectivity index (χ2v) is 4.89. The molecule has 2 aromatic carbocycles. The summed E-state index contributed by atoms with van der Waals surface area (Å²) in [5.74, 6) is -0.342. The first-order valence-corrected chi connectivity index (χ1v) is 6.79. The van der Waals surface area contributed by atoms with Gasteiger partial charge in [-0.3, -0.25) is 4.79 Å². The van der Waals surface area contributed by atoms with Gasteiger partial charge in [-0.1, -0.05) is 35.0 Å². The largest absolute Gasteiger partial charge is 0.508 e. The standard InChI is InChI=1S/C15H11ClN4O2/c16-12-6-1-2-7-13(12)20-14(9-17-19-20)15(22)18-10-4-3-5-11(21)8-10/h1-9,21H,(H,18,22). The van der Waals surface area contributed by atoms with Crippen molar-refractivity contribution in [3.05, 3.63) is 65.4 Å². The molecule has 0 fully saturated rings. The lowest BCUT2D eigenvalue weighted by Gasteiger charge is -2.08. The Morgan fingerprint density at radius 1 is 1.18 bits per heavy atom. The monoisotopic (exact) mass is 314 g/mol. The molecule has 0 unspecified atom stereocenters. The van der Waals surface area contributed by atoms with Gasteiger partial charge < -0.3 is 10.4 Å². The van der Waals surface area contributed by atoms with Crippen LogP contribution >= 0.6 is 11.6 Å². The number of carbonyl (C=O) groups excluding carboxylic acids is 1. The highest BCUT2D eigenvalue weighted by Gasteiger charge is 2.16. The maximum absolute atomic E-state index is 12.4. The number of aromatic nitrogens is 3. The first-order chi connectivity index (χ1) is 10.6. The van der Waals surface area contributed by atoms with Crippen molar-refractivity contribution in [3.63, 3.8) is 0 Å². The van der Waals surface area contributed by atoms with E-state index in [9.17, 15) is 9.90 Å². The predicted molar refractivity (Wildman–Crippen MR) is 82.4 cm³/mol. The number of aromatic hydroxyl groups is 1. The molecule has 0 spiro atoms. The first kappa shape index (κ1) is 14.1. The Hall–Kier alpha value is -2.86. The van der Waals surface area contributed by atoms with Gasteiger partial charge in [0.2, 0.25) is 0 Å². The fraction of sp³-hybridized carbons (Fsp3) is 0. The van der Waals surface area contributed by atoms with E-state index in [1.807, 2.05) is 0 Å². The number of rotatable bonds is 3. The lowest BCUT2D eigenvalue weighted by molar-refractivity contribution is 0.101. The number of hydrogen-bond acceptors (Lipinski definition) is 4. The molecule has 3 aromatic rings. The molecular weight excluding hydrogens is 304 g/mol. The number of nitrogens with one attached hydrogen (secondary N) is 1. The molecule has 1 amide bonds. The minimum absolute atomic E-state index is 0.0653. The molecule has 110 valence electrons. The summed E-state index contributed by atoms with van der Waals surface area (Å²) in [7, 11) is 0. The molecule has 0 aliphatic heterocycles. The summed E-state index contributed by atoms with van der Waals surface area (Å²) in [5.41, 5.74) is 1.26. The smallest absolute Gasteiger partial charge is 0.276 e. The number of halogens is 1. The van der Waals surface area contributed by atoms with Crippen LogP contribution in [0.4, 0.5) is 5.69 Å². The number of carbonyl (C=O) groups is 1. The lowest BCUT2D eigenvalue weighted by atomic mass is 10.3. The summed E-state index contributed by atoms with van der Waals surface area (Å²) >= 11 is 6.12. The Morgan fingerprint density at radius 2 is 2.00 bits per heavy atom. The Morgan fingerprint density at radius 3 is 2.77 bits per heavy atom. The van der Waals surface area contributed by atoms with Crippen LogP contribution in [0.3, 0.4) is 0 Å². The molecule has 1 heterocycles. The normalized spacial score (nSPS) is 10.4. The SMILES string of the molecule is O=C(Nc1cccc(O)c1)c1cnnn1-c1ccccc1Cl. The number of phenols is 1. The summed E-state index contributed by atoms with van der Waals surface area (Å²) in [6.07, 6.45) is 1.35. The van der Waals surface area contributed by atoms with E-state index in [0.717, 1.165) is 0 Å². The van der Waals surface area contributed by atoms with Gasteiger partial charge in [0.05, 0.1) is 16.9 Å². The Kier molecular flexibility index (Phi) is 3.76. The van der Waals surface area contributed by atoms with Gasteiger partial charge in [0.25, 0.3) is 5.91 Å². The molecule has 0 saturated heterocycles. The van der Waals surface area contributed by atoms with E-state index in [0.29, 0.717) is 16.4 Å². The molecular formula is C15H11ClN4O2. The number of phenolic OH excluding ortho intramolecular Hbond substituents is 1. The molecule has 0 aliphatic carbocycles. The molecule has 3 rings (SSSR count). The van der Waals surface area contributed by atoms with Crippen molar-refractivity contribution in [2.24, 2.45) is 0 Å². The third kappa shape index (κ3) is 2.77. The second kappa shape index (κ2) is 5.87. The minimum Gasteiger partial charge on any atom is -0.508 e. The van der Waals surface area contributed by atoms with Crippen molar-refractivity contribution in [2.45, 2.75) is 0 Å². The summed E-state index contributed by atoms with van der Waals surface area (Å²) in [4.78, 5) is 12.4. The molecule has 0 atom stereocenters. The van der Waals surface area contributed by atoms with Crippen LogP contribution in [0, 0.1) is 0 Å². The topological polar surface area (TPSA) is 80.0 Å². The van der Waals surface area contributed by atoms with Crippen molar-refractivity contribution < 1.29 is 9.90 Å². The average Bonchev–Trinajstić information content (AvgIpc) is 2.97. The van der Waals surface area contributed by atoms with Crippen LogP contribution in [-0.2, 0) is 0 Å². The summed E-state index contributed by atoms with van der Waals surface area (Å²) in [6, 6.07) is 13.3. The van der Waals surface area contributed by atoms with E-state index in [-0.39, 0.29) is 11.4 Å². The highest BCUT2D eigenvalue weighted by atomic mass is 35.5. The van der Waals surface area contributed by atoms with Crippen LogP contribution in [-0.4, -0.2) is 26.0 Å². The second-order valence-electron chi connectivity index (χ2n) is 4.49. The zero-order chi connectivity index (χ0) is 15.5. The number of anilines is 1. The zero-order valence-corrected chi connectivity index (χ0v) is 12.0. The van der Waals surface area contributed by atoms with E-state index in [1.54, 1.807) is 36.4 Å². The predicted octanol–water partition coefficient (Wildman–Crippen LogP) is 2.88. The molecule has 2 N–H and O–H groups in total. The summed E-state index contributed by atoms with van der Waals surface area (Å²) in [6.45, 7) is 0. The Balaban J connectivity index is 1.92. The van der Waals surface area contributed by atoms with Gasteiger partial charge in [-0.2, -0.15) is 0 Å². The van der Waals surface area contributed by atoms with Gasteiger partial charge in [0.1, 0.15) is 5.75 Å². The minimum atomic E-state index is -0.407. The average molecular weight is 315 g/mol. The molecule has 7 heteroatoms. The van der Waals surface area contributed by atoms with Crippen LogP contribution in [0.1, 0.15) is 10.5 Å². The van der Waals surface area contributed by atoms with Gasteiger partial charge in [-0.15, -0.1) is 5.10 Å². The number of hydrogen-bond donors (Lipinski definition) is 2. The summed E-state index contributed by atoms with van der Waals surface area (Å²) < 4.78 is 1.36. The molecule has 0 saturated carbocycles. The van der Waals surface area contributed by atoms with Crippen LogP contribution in [0.5, 0.6) is 5.75 Å². The maximum Gasteiger partial charge on any atom is 0.276 e. The van der Waals surface area contributed by atoms with E-state index in [4.69, 9.17) is 11.6 Å². The number of para-hydroxylation sites is 1. The van der Waals surface area contributed by atoms with E-state index in [1.165, 1.54) is 23.0 Å². The Labute approximate surface area is 131 Å². The van der Waals surface area contributed by atoms with Crippen LogP contribution in [0.25, 0.3) is 5.69 Å². The zero-order valence-electron chi connectivity index (χ0n) is 11.3. The van der Waals surface area contributed by atoms with Crippen LogP contribution < -0.4 is 5.32 Å². The van der Waals surface area contributed by atoms with Crippen molar-refractivity contribution in [2.75, 3.05) is 5.32 Å². The highest BCUT2D eigenvalue weighted by Crippen LogP contribution is 2.21. The van der Waals surface area contributed by atoms with Crippen LogP contribution in [0.2, 0.25) is 5.02 Å². The molecule has 0 aliphatic rings. The van der Waals surface area contributed by atoms with Gasteiger partial charge in [-0.25, -0.2) is 4.68 Å². The fourth-order valence-electron chi connectivity index (χ4n) is 1.97. The molecule has 1 aromatic heterocycles. The third-order valence-corrected chi connectivity index (χ3v) is 3.29. The fourth-order valence-corrected chi connectivity index (χ4v) is 2.19. The number of amides is 1. The lowest BCUT2D eigenvalue weighted by Crippen LogP contribution is -2.17. The van der Waals surface area contributed by atoms with Gasteiger partial charge >= 0.3 is 0 Å². The van der Waals surface area contributed by atoms with Gasteiger partial charge in [-0.05, 0) is 24.3 Å². The molecule has 0 bridgehead atoms. The summed E-state index contributed by atoms with van der Waals surface area (Å²) in [5, 5.41) is 20.2. The van der Waals surface area contributed by atoms with E-state index < -0.39 is 5.91 Å². The Bertz CT molecular complexity index is 832. The number of benzene rings is 2. The molecule has 0 radical (unpaired) electrons. The van der Waals surface area contributed by atoms with Gasteiger partial charge in [0.15, 0.2) is 5.69 Å². The number of nitrogens with zero attached hydrogens (tertiary/aromatic N) is 3. The maximum atomic E-state index is 12.4. The van der Waals surface area contributed by atoms with Crippen molar-refractivity contribution >= 4 is 23.2 Å². The molecule has 6 nitrogen and oxygen atoms in total. The van der Waals surface area contributed by atoms with Crippen molar-refractivity contribution in [1.29, 1.82) is 0 Å². The van der Waals surface area contributed by atoms with Crippen molar-refractivity contribution in [1.82, 2.24) is 15.0 Å². The highest BCUT2D eigenvalue weighted by molar-refractivity contribution is 6.32. The quantitative estimate of drug-likeness (QED) is 0.779. The van der Waals surface area contributed by atoms with E-state index >= 15 is 0 Å².